The molecule has 1 aromatic carbocycles. The number of esters is 2. The lowest BCUT2D eigenvalue weighted by atomic mass is 9.96. The van der Waals surface area contributed by atoms with Gasteiger partial charge in [0.05, 0.1) is 18.4 Å². The van der Waals surface area contributed by atoms with Crippen molar-refractivity contribution < 1.29 is 23.9 Å². The third-order valence-corrected chi connectivity index (χ3v) is 4.97. The van der Waals surface area contributed by atoms with Gasteiger partial charge in [0.15, 0.2) is 0 Å². The Hall–Kier alpha value is -2.89. The van der Waals surface area contributed by atoms with E-state index in [1.54, 1.807) is 40.0 Å². The van der Waals surface area contributed by atoms with Crippen molar-refractivity contribution in [3.8, 4) is 0 Å². The first-order valence-corrected chi connectivity index (χ1v) is 10.9. The van der Waals surface area contributed by atoms with Gasteiger partial charge in [-0.1, -0.05) is 42.5 Å². The van der Waals surface area contributed by atoms with Gasteiger partial charge in [0.1, 0.15) is 11.7 Å². The minimum absolute atomic E-state index is 0.0473. The Morgan fingerprint density at radius 2 is 1.69 bits per heavy atom. The van der Waals surface area contributed by atoms with E-state index >= 15 is 0 Å². The number of nitrogens with zero attached hydrogens (tertiary/aromatic N) is 1. The summed E-state index contributed by atoms with van der Waals surface area (Å²) >= 11 is 0. The van der Waals surface area contributed by atoms with Gasteiger partial charge >= 0.3 is 11.9 Å². The zero-order valence-electron chi connectivity index (χ0n) is 20.0. The second-order valence-corrected chi connectivity index (χ2v) is 8.85. The molecule has 32 heavy (non-hydrogen) atoms. The van der Waals surface area contributed by atoms with Crippen molar-refractivity contribution in [2.24, 2.45) is 5.92 Å². The van der Waals surface area contributed by atoms with Crippen LogP contribution in [-0.4, -0.2) is 41.4 Å². The van der Waals surface area contributed by atoms with E-state index in [2.05, 4.69) is 13.2 Å². The monoisotopic (exact) mass is 443 g/mol. The number of hydrogen-bond donors (Lipinski definition) is 0. The molecular weight excluding hydrogens is 406 g/mol. The Labute approximate surface area is 192 Å². The summed E-state index contributed by atoms with van der Waals surface area (Å²) in [4.78, 5) is 39.5. The molecule has 0 bridgehead atoms. The Kier molecular flexibility index (Phi) is 10.9. The van der Waals surface area contributed by atoms with Crippen LogP contribution >= 0.6 is 0 Å². The van der Waals surface area contributed by atoms with E-state index in [-0.39, 0.29) is 24.7 Å². The average molecular weight is 444 g/mol. The van der Waals surface area contributed by atoms with Crippen LogP contribution in [0.2, 0.25) is 0 Å². The van der Waals surface area contributed by atoms with Crippen molar-refractivity contribution in [2.75, 3.05) is 7.05 Å². The van der Waals surface area contributed by atoms with Crippen molar-refractivity contribution in [3.05, 3.63) is 61.2 Å². The Bertz CT molecular complexity index is 781. The van der Waals surface area contributed by atoms with Crippen molar-refractivity contribution >= 4 is 17.8 Å². The molecule has 0 spiro atoms. The van der Waals surface area contributed by atoms with Gasteiger partial charge in [0, 0.05) is 13.5 Å². The molecule has 0 aromatic heterocycles. The molecule has 0 N–H and O–H groups in total. The first kappa shape index (κ1) is 27.1. The highest BCUT2D eigenvalue weighted by atomic mass is 16.6. The molecule has 0 aliphatic heterocycles. The van der Waals surface area contributed by atoms with Crippen LogP contribution in [0, 0.1) is 5.92 Å². The lowest BCUT2D eigenvalue weighted by Crippen LogP contribution is -2.44. The van der Waals surface area contributed by atoms with Crippen LogP contribution in [0.3, 0.4) is 0 Å². The zero-order chi connectivity index (χ0) is 24.3. The van der Waals surface area contributed by atoms with Gasteiger partial charge in [-0.25, -0.2) is 0 Å². The van der Waals surface area contributed by atoms with Gasteiger partial charge in [-0.15, -0.1) is 13.2 Å². The molecule has 0 aliphatic carbocycles. The van der Waals surface area contributed by atoms with Crippen LogP contribution in [0.5, 0.6) is 0 Å². The van der Waals surface area contributed by atoms with Crippen LogP contribution in [0.25, 0.3) is 0 Å². The lowest BCUT2D eigenvalue weighted by Gasteiger charge is -2.34. The fraction of sp³-hybridized carbons (Fsp3) is 0.500. The number of ether oxygens (including phenoxy) is 2. The van der Waals surface area contributed by atoms with E-state index in [4.69, 9.17) is 9.47 Å². The minimum Gasteiger partial charge on any atom is -0.460 e. The molecule has 0 saturated heterocycles. The molecule has 3 atom stereocenters. The summed E-state index contributed by atoms with van der Waals surface area (Å²) in [6.45, 7) is 14.5. The fourth-order valence-corrected chi connectivity index (χ4v) is 3.26. The third kappa shape index (κ3) is 9.08. The molecule has 6 nitrogen and oxygen atoms in total. The summed E-state index contributed by atoms with van der Waals surface area (Å²) < 4.78 is 11.2. The predicted molar refractivity (Wildman–Crippen MR) is 126 cm³/mol. The number of amides is 1. The average Bonchev–Trinajstić information content (AvgIpc) is 2.73. The summed E-state index contributed by atoms with van der Waals surface area (Å²) in [7, 11) is 1.66. The highest BCUT2D eigenvalue weighted by molar-refractivity contribution is 5.84. The molecule has 6 heteroatoms. The second kappa shape index (κ2) is 12.8. The third-order valence-electron chi connectivity index (χ3n) is 4.97. The summed E-state index contributed by atoms with van der Waals surface area (Å²) in [5.41, 5.74) is 0.162. The number of likely N-dealkylation sites (N-methyl/N-ethyl adjacent to an activating group) is 1. The van der Waals surface area contributed by atoms with E-state index in [9.17, 15) is 14.4 Å². The van der Waals surface area contributed by atoms with Gasteiger partial charge in [0.2, 0.25) is 5.91 Å². The van der Waals surface area contributed by atoms with E-state index in [1.807, 2.05) is 37.3 Å². The van der Waals surface area contributed by atoms with E-state index in [0.717, 1.165) is 5.56 Å². The number of allylic oxidation sites excluding steroid dienone is 2. The maximum absolute atomic E-state index is 13.3. The van der Waals surface area contributed by atoms with Crippen molar-refractivity contribution in [1.29, 1.82) is 0 Å². The van der Waals surface area contributed by atoms with Gasteiger partial charge in [-0.3, -0.25) is 14.4 Å². The molecular formula is C26H37NO5. The molecule has 0 saturated carbocycles. The van der Waals surface area contributed by atoms with Crippen molar-refractivity contribution in [2.45, 2.75) is 71.1 Å². The van der Waals surface area contributed by atoms with E-state index in [0.29, 0.717) is 12.8 Å². The number of hydrogen-bond acceptors (Lipinski definition) is 5. The molecule has 0 fully saturated rings. The quantitative estimate of drug-likeness (QED) is 0.335. The molecule has 0 aliphatic rings. The van der Waals surface area contributed by atoms with Gasteiger partial charge in [0.25, 0.3) is 0 Å². The van der Waals surface area contributed by atoms with Gasteiger partial charge in [-0.2, -0.15) is 0 Å². The standard InChI is InChI=1S/C26H37NO5/c1-8-10-17-22(28)31-24(20-15-12-11-13-16-20)19(3)27(7)25(30)21(14-9-2)18-23(29)32-26(4,5)6/h8-9,11-13,15-16,19,21,24H,1-2,10,14,17-18H2,3-7H3/t19-,21?,24-/m1/s1. The molecule has 0 radical (unpaired) electrons. The largest absolute Gasteiger partial charge is 0.460 e. The van der Waals surface area contributed by atoms with Crippen molar-refractivity contribution in [1.82, 2.24) is 4.90 Å². The number of rotatable bonds is 12. The minimum atomic E-state index is -0.645. The number of carbonyl (C=O) groups is 3. The Morgan fingerprint density at radius 3 is 2.22 bits per heavy atom. The highest BCUT2D eigenvalue weighted by Gasteiger charge is 2.33. The fourth-order valence-electron chi connectivity index (χ4n) is 3.26. The van der Waals surface area contributed by atoms with E-state index < -0.39 is 29.6 Å². The predicted octanol–water partition coefficient (Wildman–Crippen LogP) is 5.01. The van der Waals surface area contributed by atoms with E-state index in [1.165, 1.54) is 4.90 Å². The number of carbonyl (C=O) groups excluding carboxylic acids is 3. The molecule has 176 valence electrons. The van der Waals surface area contributed by atoms with Crippen LogP contribution in [-0.2, 0) is 23.9 Å². The van der Waals surface area contributed by atoms with Gasteiger partial charge < -0.3 is 14.4 Å². The Balaban J connectivity index is 3.05. The summed E-state index contributed by atoms with van der Waals surface area (Å²) in [6, 6.07) is 8.86. The smallest absolute Gasteiger partial charge is 0.307 e. The highest BCUT2D eigenvalue weighted by Crippen LogP contribution is 2.27. The first-order valence-electron chi connectivity index (χ1n) is 10.9. The first-order chi connectivity index (χ1) is 15.0. The second-order valence-electron chi connectivity index (χ2n) is 8.85. The molecule has 1 rings (SSSR count). The molecule has 1 unspecified atom stereocenters. The topological polar surface area (TPSA) is 72.9 Å². The maximum Gasteiger partial charge on any atom is 0.307 e. The molecule has 1 amide bonds. The van der Waals surface area contributed by atoms with Crippen LogP contribution < -0.4 is 0 Å². The normalized spacial score (nSPS) is 13.9. The zero-order valence-corrected chi connectivity index (χ0v) is 20.0. The summed E-state index contributed by atoms with van der Waals surface area (Å²) in [5, 5.41) is 0. The van der Waals surface area contributed by atoms with Crippen LogP contribution in [0.4, 0.5) is 0 Å². The summed E-state index contributed by atoms with van der Waals surface area (Å²) in [6.07, 6.45) is 3.66. The van der Waals surface area contributed by atoms with Crippen LogP contribution in [0.1, 0.15) is 65.0 Å². The van der Waals surface area contributed by atoms with Crippen molar-refractivity contribution in [3.63, 3.8) is 0 Å². The molecule has 0 heterocycles. The molecule has 1 aromatic rings. The van der Waals surface area contributed by atoms with Crippen LogP contribution in [0.15, 0.2) is 55.6 Å². The maximum atomic E-state index is 13.3. The van der Waals surface area contributed by atoms with Gasteiger partial charge in [-0.05, 0) is 46.1 Å². The SMILES string of the molecule is C=CCCC(=O)O[C@@H](c1ccccc1)[C@@H](C)N(C)C(=O)C(CC=C)CC(=O)OC(C)(C)C. The number of benzene rings is 1. The lowest BCUT2D eigenvalue weighted by molar-refractivity contribution is -0.160. The Morgan fingerprint density at radius 1 is 1.06 bits per heavy atom. The summed E-state index contributed by atoms with van der Waals surface area (Å²) in [5.74, 6) is -1.63.